The molecule has 6 heteroatoms. The van der Waals surface area contributed by atoms with E-state index in [2.05, 4.69) is 52.5 Å². The summed E-state index contributed by atoms with van der Waals surface area (Å²) in [5.74, 6) is 0.597. The van der Waals surface area contributed by atoms with Crippen LogP contribution in [0.4, 0.5) is 0 Å². The van der Waals surface area contributed by atoms with Crippen molar-refractivity contribution in [2.24, 2.45) is 0 Å². The highest BCUT2D eigenvalue weighted by Crippen LogP contribution is 2.26. The van der Waals surface area contributed by atoms with Crippen LogP contribution in [0.2, 0.25) is 0 Å². The number of fused-ring (bicyclic) bond motifs is 1. The molecule has 5 rings (SSSR count). The first-order valence-corrected chi connectivity index (χ1v) is 10.6. The van der Waals surface area contributed by atoms with Gasteiger partial charge in [0.2, 0.25) is 0 Å². The molecule has 1 fully saturated rings. The van der Waals surface area contributed by atoms with Gasteiger partial charge >= 0.3 is 0 Å². The Balaban J connectivity index is 1.23. The van der Waals surface area contributed by atoms with Gasteiger partial charge in [-0.2, -0.15) is 0 Å². The Hall–Kier alpha value is -2.96. The zero-order valence-electron chi connectivity index (χ0n) is 16.0. The van der Waals surface area contributed by atoms with Crippen LogP contribution in [-0.4, -0.2) is 47.0 Å². The van der Waals surface area contributed by atoms with Gasteiger partial charge in [0.05, 0.1) is 4.88 Å². The summed E-state index contributed by atoms with van der Waals surface area (Å²) in [7, 11) is 0. The molecule has 2 aromatic carbocycles. The fraction of sp³-hybridized carbons (Fsp3) is 0.217. The van der Waals surface area contributed by atoms with Crippen molar-refractivity contribution < 1.29 is 9.32 Å². The van der Waals surface area contributed by atoms with Crippen LogP contribution in [0.3, 0.4) is 0 Å². The van der Waals surface area contributed by atoms with Crippen LogP contribution in [0, 0.1) is 0 Å². The van der Waals surface area contributed by atoms with E-state index in [-0.39, 0.29) is 5.91 Å². The fourth-order valence-electron chi connectivity index (χ4n) is 3.85. The third-order valence-electron chi connectivity index (χ3n) is 5.43. The third-order valence-corrected chi connectivity index (χ3v) is 6.31. The first kappa shape index (κ1) is 18.1. The normalized spacial score (nSPS) is 15.1. The Labute approximate surface area is 173 Å². The Bertz CT molecular complexity index is 1120. The standard InChI is InChI=1S/C23H21N3O2S/c27-23(20-15-21(28-24-20)22-9-4-14-29-22)26-12-10-25(11-13-26)16-18-7-3-6-17-5-1-2-8-19(17)18/h1-9,14-15H,10-13,16H2. The van der Waals surface area contributed by atoms with Crippen molar-refractivity contribution >= 4 is 28.0 Å². The minimum Gasteiger partial charge on any atom is -0.355 e. The zero-order chi connectivity index (χ0) is 19.6. The van der Waals surface area contributed by atoms with E-state index in [1.54, 1.807) is 17.4 Å². The minimum absolute atomic E-state index is 0.0543. The Kier molecular flexibility index (Phi) is 4.87. The molecule has 0 atom stereocenters. The summed E-state index contributed by atoms with van der Waals surface area (Å²) in [6.45, 7) is 4.00. The average molecular weight is 404 g/mol. The summed E-state index contributed by atoms with van der Waals surface area (Å²) in [5.41, 5.74) is 1.72. The second-order valence-electron chi connectivity index (χ2n) is 7.26. The van der Waals surface area contributed by atoms with Crippen LogP contribution in [0.25, 0.3) is 21.4 Å². The fourth-order valence-corrected chi connectivity index (χ4v) is 4.53. The number of carbonyl (C=O) groups excluding carboxylic acids is 1. The van der Waals surface area contributed by atoms with Crippen molar-refractivity contribution in [1.29, 1.82) is 0 Å². The van der Waals surface area contributed by atoms with E-state index in [1.807, 2.05) is 22.4 Å². The van der Waals surface area contributed by atoms with Gasteiger partial charge in [-0.25, -0.2) is 0 Å². The number of carbonyl (C=O) groups is 1. The van der Waals surface area contributed by atoms with Gasteiger partial charge in [-0.05, 0) is 27.8 Å². The quantitative estimate of drug-likeness (QED) is 0.503. The van der Waals surface area contributed by atoms with Crippen molar-refractivity contribution in [3.8, 4) is 10.6 Å². The van der Waals surface area contributed by atoms with Gasteiger partial charge < -0.3 is 9.42 Å². The lowest BCUT2D eigenvalue weighted by Crippen LogP contribution is -2.48. The van der Waals surface area contributed by atoms with Crippen LogP contribution < -0.4 is 0 Å². The van der Waals surface area contributed by atoms with Gasteiger partial charge in [-0.1, -0.05) is 53.7 Å². The monoisotopic (exact) mass is 403 g/mol. The SMILES string of the molecule is O=C(c1cc(-c2cccs2)on1)N1CCN(Cc2cccc3ccccc23)CC1. The van der Waals surface area contributed by atoms with Crippen molar-refractivity contribution in [1.82, 2.24) is 15.0 Å². The molecule has 4 aromatic rings. The van der Waals surface area contributed by atoms with Gasteiger partial charge in [0.15, 0.2) is 11.5 Å². The van der Waals surface area contributed by atoms with Crippen LogP contribution in [0.15, 0.2) is 70.6 Å². The summed E-state index contributed by atoms with van der Waals surface area (Å²) in [6.07, 6.45) is 0. The number of aromatic nitrogens is 1. The number of hydrogen-bond donors (Lipinski definition) is 0. The van der Waals surface area contributed by atoms with Gasteiger partial charge in [0.25, 0.3) is 5.91 Å². The molecule has 0 aliphatic carbocycles. The molecule has 5 nitrogen and oxygen atoms in total. The second kappa shape index (κ2) is 7.81. The molecule has 146 valence electrons. The summed E-state index contributed by atoms with van der Waals surface area (Å²) in [5, 5.41) is 8.55. The molecule has 3 heterocycles. The van der Waals surface area contributed by atoms with Crippen molar-refractivity contribution in [2.45, 2.75) is 6.54 Å². The molecule has 29 heavy (non-hydrogen) atoms. The first-order valence-electron chi connectivity index (χ1n) is 9.77. The second-order valence-corrected chi connectivity index (χ2v) is 8.21. The van der Waals surface area contributed by atoms with Crippen LogP contribution in [0.1, 0.15) is 16.1 Å². The number of hydrogen-bond acceptors (Lipinski definition) is 5. The lowest BCUT2D eigenvalue weighted by Gasteiger charge is -2.34. The van der Waals surface area contributed by atoms with Crippen LogP contribution >= 0.6 is 11.3 Å². The maximum Gasteiger partial charge on any atom is 0.276 e. The van der Waals surface area contributed by atoms with Gasteiger partial charge in [0, 0.05) is 38.8 Å². The maximum absolute atomic E-state index is 12.8. The molecular formula is C23H21N3O2S. The average Bonchev–Trinajstić information content (AvgIpc) is 3.46. The number of thiophene rings is 1. The number of amides is 1. The highest BCUT2D eigenvalue weighted by atomic mass is 32.1. The smallest absolute Gasteiger partial charge is 0.276 e. The molecule has 0 unspecified atom stereocenters. The Morgan fingerprint density at radius 1 is 1.00 bits per heavy atom. The minimum atomic E-state index is -0.0543. The topological polar surface area (TPSA) is 49.6 Å². The third kappa shape index (κ3) is 3.69. The van der Waals surface area contributed by atoms with E-state index in [0.29, 0.717) is 24.5 Å². The van der Waals surface area contributed by atoms with E-state index in [1.165, 1.54) is 16.3 Å². The maximum atomic E-state index is 12.8. The van der Waals surface area contributed by atoms with Crippen molar-refractivity contribution in [3.63, 3.8) is 0 Å². The van der Waals surface area contributed by atoms with Gasteiger partial charge in [-0.15, -0.1) is 11.3 Å². The molecule has 0 bridgehead atoms. The molecule has 1 saturated heterocycles. The van der Waals surface area contributed by atoms with Gasteiger partial charge in [0.1, 0.15) is 0 Å². The number of nitrogens with zero attached hydrogens (tertiary/aromatic N) is 3. The zero-order valence-corrected chi connectivity index (χ0v) is 16.8. The van der Waals surface area contributed by atoms with Gasteiger partial charge in [-0.3, -0.25) is 9.69 Å². The number of rotatable bonds is 4. The molecule has 0 radical (unpaired) electrons. The highest BCUT2D eigenvalue weighted by Gasteiger charge is 2.25. The Morgan fingerprint density at radius 3 is 2.66 bits per heavy atom. The summed E-state index contributed by atoms with van der Waals surface area (Å²) in [4.78, 5) is 18.1. The summed E-state index contributed by atoms with van der Waals surface area (Å²) in [6, 6.07) is 20.6. The predicted octanol–water partition coefficient (Wildman–Crippen LogP) is 4.51. The molecule has 0 spiro atoms. The lowest BCUT2D eigenvalue weighted by atomic mass is 10.0. The van der Waals surface area contributed by atoms with Crippen LogP contribution in [0.5, 0.6) is 0 Å². The van der Waals surface area contributed by atoms with E-state index < -0.39 is 0 Å². The molecule has 0 N–H and O–H groups in total. The van der Waals surface area contributed by atoms with E-state index in [0.717, 1.165) is 24.5 Å². The number of benzene rings is 2. The molecule has 0 saturated carbocycles. The highest BCUT2D eigenvalue weighted by molar-refractivity contribution is 7.13. The molecule has 1 aliphatic rings. The largest absolute Gasteiger partial charge is 0.355 e. The van der Waals surface area contributed by atoms with Crippen molar-refractivity contribution in [3.05, 3.63) is 77.3 Å². The predicted molar refractivity (Wildman–Crippen MR) is 115 cm³/mol. The summed E-state index contributed by atoms with van der Waals surface area (Å²) < 4.78 is 5.36. The van der Waals surface area contributed by atoms with Crippen LogP contribution in [-0.2, 0) is 6.54 Å². The first-order chi connectivity index (χ1) is 14.3. The Morgan fingerprint density at radius 2 is 1.83 bits per heavy atom. The molecule has 2 aromatic heterocycles. The molecular weight excluding hydrogens is 382 g/mol. The van der Waals surface area contributed by atoms with E-state index in [9.17, 15) is 4.79 Å². The summed E-state index contributed by atoms with van der Waals surface area (Å²) >= 11 is 1.57. The van der Waals surface area contributed by atoms with Crippen molar-refractivity contribution in [2.75, 3.05) is 26.2 Å². The van der Waals surface area contributed by atoms with E-state index >= 15 is 0 Å². The van der Waals surface area contributed by atoms with E-state index in [4.69, 9.17) is 4.52 Å². The molecule has 1 amide bonds. The molecule has 1 aliphatic heterocycles. The number of piperazine rings is 1. The lowest BCUT2D eigenvalue weighted by molar-refractivity contribution is 0.0619.